The van der Waals surface area contributed by atoms with E-state index in [-0.39, 0.29) is 24.8 Å². The molecule has 0 aliphatic carbocycles. The van der Waals surface area contributed by atoms with Gasteiger partial charge in [0.05, 0.1) is 10.0 Å². The molecule has 2 amide bonds. The van der Waals surface area contributed by atoms with Gasteiger partial charge in [-0.2, -0.15) is 0 Å². The van der Waals surface area contributed by atoms with E-state index in [1.54, 1.807) is 42.5 Å². The predicted molar refractivity (Wildman–Crippen MR) is 88.5 cm³/mol. The second-order valence-corrected chi connectivity index (χ2v) is 5.36. The van der Waals surface area contributed by atoms with Gasteiger partial charge in [0.25, 0.3) is 5.91 Å². The van der Waals surface area contributed by atoms with Crippen molar-refractivity contribution in [2.45, 2.75) is 6.42 Å². The molecule has 0 saturated heterocycles. The van der Waals surface area contributed by atoms with Crippen molar-refractivity contribution in [3.8, 4) is 0 Å². The molecule has 114 valence electrons. The number of anilines is 1. The van der Waals surface area contributed by atoms with Crippen LogP contribution in [0.3, 0.4) is 0 Å². The minimum atomic E-state index is -0.216. The predicted octanol–water partition coefficient (Wildman–Crippen LogP) is 3.75. The standard InChI is InChI=1S/C16H14Cl2N2O2/c17-13-7-6-12(10-14(13)18)20-15(21)8-9-19-16(22)11-4-2-1-3-5-11/h1-7,10H,8-9H2,(H,19,22)(H,20,21). The van der Waals surface area contributed by atoms with E-state index < -0.39 is 0 Å². The Labute approximate surface area is 138 Å². The van der Waals surface area contributed by atoms with Crippen LogP contribution in [0.15, 0.2) is 48.5 Å². The molecule has 2 N–H and O–H groups in total. The lowest BCUT2D eigenvalue weighted by molar-refractivity contribution is -0.116. The molecule has 6 heteroatoms. The van der Waals surface area contributed by atoms with Gasteiger partial charge in [-0.15, -0.1) is 0 Å². The summed E-state index contributed by atoms with van der Waals surface area (Å²) in [6.07, 6.45) is 0.165. The van der Waals surface area contributed by atoms with Gasteiger partial charge in [0.15, 0.2) is 0 Å². The molecule has 2 aromatic carbocycles. The van der Waals surface area contributed by atoms with E-state index in [9.17, 15) is 9.59 Å². The molecule has 2 aromatic rings. The van der Waals surface area contributed by atoms with Crippen LogP contribution in [-0.2, 0) is 4.79 Å². The van der Waals surface area contributed by atoms with Gasteiger partial charge in [0.2, 0.25) is 5.91 Å². The van der Waals surface area contributed by atoms with E-state index in [2.05, 4.69) is 10.6 Å². The lowest BCUT2D eigenvalue weighted by atomic mass is 10.2. The Balaban J connectivity index is 1.78. The summed E-state index contributed by atoms with van der Waals surface area (Å²) in [5.74, 6) is -0.422. The number of rotatable bonds is 5. The summed E-state index contributed by atoms with van der Waals surface area (Å²) in [5.41, 5.74) is 1.13. The Bertz CT molecular complexity index is 675. The molecular formula is C16H14Cl2N2O2. The molecular weight excluding hydrogens is 323 g/mol. The zero-order chi connectivity index (χ0) is 15.9. The summed E-state index contributed by atoms with van der Waals surface area (Å²) >= 11 is 11.7. The maximum Gasteiger partial charge on any atom is 0.251 e. The van der Waals surface area contributed by atoms with Crippen LogP contribution in [0.2, 0.25) is 10.0 Å². The van der Waals surface area contributed by atoms with Crippen molar-refractivity contribution in [3.05, 3.63) is 64.1 Å². The Morgan fingerprint density at radius 3 is 2.36 bits per heavy atom. The smallest absolute Gasteiger partial charge is 0.251 e. The monoisotopic (exact) mass is 336 g/mol. The van der Waals surface area contributed by atoms with E-state index >= 15 is 0 Å². The minimum Gasteiger partial charge on any atom is -0.352 e. The Morgan fingerprint density at radius 2 is 1.68 bits per heavy atom. The van der Waals surface area contributed by atoms with Crippen LogP contribution in [0.5, 0.6) is 0 Å². The summed E-state index contributed by atoms with van der Waals surface area (Å²) in [6, 6.07) is 13.7. The van der Waals surface area contributed by atoms with Crippen molar-refractivity contribution in [3.63, 3.8) is 0 Å². The van der Waals surface area contributed by atoms with Gasteiger partial charge in [0.1, 0.15) is 0 Å². The third kappa shape index (κ3) is 4.76. The number of halogens is 2. The summed E-state index contributed by atoms with van der Waals surface area (Å²) in [7, 11) is 0. The molecule has 22 heavy (non-hydrogen) atoms. The van der Waals surface area contributed by atoms with Crippen LogP contribution in [0.25, 0.3) is 0 Å². The summed E-state index contributed by atoms with van der Waals surface area (Å²) in [5, 5.41) is 6.18. The first kappa shape index (κ1) is 16.3. The van der Waals surface area contributed by atoms with E-state index in [0.717, 1.165) is 0 Å². The van der Waals surface area contributed by atoms with Gasteiger partial charge < -0.3 is 10.6 Å². The molecule has 0 aliphatic rings. The van der Waals surface area contributed by atoms with Crippen molar-refractivity contribution < 1.29 is 9.59 Å². The molecule has 0 radical (unpaired) electrons. The van der Waals surface area contributed by atoms with Gasteiger partial charge >= 0.3 is 0 Å². The highest BCUT2D eigenvalue weighted by molar-refractivity contribution is 6.42. The molecule has 0 unspecified atom stereocenters. The quantitative estimate of drug-likeness (QED) is 0.873. The van der Waals surface area contributed by atoms with E-state index in [1.807, 2.05) is 6.07 Å². The number of benzene rings is 2. The molecule has 0 fully saturated rings. The third-order valence-electron chi connectivity index (χ3n) is 2.88. The molecule has 0 atom stereocenters. The van der Waals surface area contributed by atoms with Crippen LogP contribution < -0.4 is 10.6 Å². The van der Waals surface area contributed by atoms with Crippen LogP contribution in [0, 0.1) is 0 Å². The first-order chi connectivity index (χ1) is 10.6. The van der Waals surface area contributed by atoms with E-state index in [0.29, 0.717) is 21.3 Å². The number of hydrogen-bond donors (Lipinski definition) is 2. The summed E-state index contributed by atoms with van der Waals surface area (Å²) in [4.78, 5) is 23.6. The molecule has 0 aliphatic heterocycles. The second kappa shape index (κ2) is 7.82. The highest BCUT2D eigenvalue weighted by Gasteiger charge is 2.07. The zero-order valence-corrected chi connectivity index (χ0v) is 13.1. The number of carbonyl (C=O) groups is 2. The first-order valence-corrected chi connectivity index (χ1v) is 7.40. The van der Waals surface area contributed by atoms with Gasteiger partial charge in [-0.3, -0.25) is 9.59 Å². The summed E-state index contributed by atoms with van der Waals surface area (Å²) in [6.45, 7) is 0.251. The Morgan fingerprint density at radius 1 is 0.955 bits per heavy atom. The van der Waals surface area contributed by atoms with Crippen molar-refractivity contribution in [2.75, 3.05) is 11.9 Å². The van der Waals surface area contributed by atoms with Gasteiger partial charge in [-0.1, -0.05) is 41.4 Å². The van der Waals surface area contributed by atoms with Crippen LogP contribution in [0.4, 0.5) is 5.69 Å². The molecule has 0 aromatic heterocycles. The lowest BCUT2D eigenvalue weighted by Crippen LogP contribution is -2.27. The van der Waals surface area contributed by atoms with Crippen molar-refractivity contribution >= 4 is 40.7 Å². The fraction of sp³-hybridized carbons (Fsp3) is 0.125. The topological polar surface area (TPSA) is 58.2 Å². The van der Waals surface area contributed by atoms with Crippen LogP contribution in [0.1, 0.15) is 16.8 Å². The van der Waals surface area contributed by atoms with Crippen LogP contribution >= 0.6 is 23.2 Å². The normalized spacial score (nSPS) is 10.1. The second-order valence-electron chi connectivity index (χ2n) is 4.55. The Hall–Kier alpha value is -2.04. The maximum absolute atomic E-state index is 11.8. The molecule has 0 heterocycles. The van der Waals surface area contributed by atoms with Crippen LogP contribution in [-0.4, -0.2) is 18.4 Å². The molecule has 0 saturated carbocycles. The highest BCUT2D eigenvalue weighted by Crippen LogP contribution is 2.24. The summed E-state index contributed by atoms with van der Waals surface area (Å²) < 4.78 is 0. The SMILES string of the molecule is O=C(CCNC(=O)c1ccccc1)Nc1ccc(Cl)c(Cl)c1. The molecule has 0 spiro atoms. The highest BCUT2D eigenvalue weighted by atomic mass is 35.5. The van der Waals surface area contributed by atoms with Crippen molar-refractivity contribution in [2.24, 2.45) is 0 Å². The maximum atomic E-state index is 11.8. The van der Waals surface area contributed by atoms with Gasteiger partial charge in [-0.25, -0.2) is 0 Å². The first-order valence-electron chi connectivity index (χ1n) is 6.64. The van der Waals surface area contributed by atoms with E-state index in [4.69, 9.17) is 23.2 Å². The lowest BCUT2D eigenvalue weighted by Gasteiger charge is -2.07. The number of hydrogen-bond acceptors (Lipinski definition) is 2. The Kier molecular flexibility index (Phi) is 5.81. The van der Waals surface area contributed by atoms with Crippen molar-refractivity contribution in [1.82, 2.24) is 5.32 Å². The minimum absolute atomic E-state index is 0.165. The largest absolute Gasteiger partial charge is 0.352 e. The van der Waals surface area contributed by atoms with E-state index in [1.165, 1.54) is 0 Å². The fourth-order valence-electron chi connectivity index (χ4n) is 1.78. The average Bonchev–Trinajstić information content (AvgIpc) is 2.51. The molecule has 2 rings (SSSR count). The number of amides is 2. The number of nitrogens with one attached hydrogen (secondary N) is 2. The molecule has 0 bridgehead atoms. The average molecular weight is 337 g/mol. The third-order valence-corrected chi connectivity index (χ3v) is 3.62. The van der Waals surface area contributed by atoms with Gasteiger partial charge in [-0.05, 0) is 30.3 Å². The molecule has 4 nitrogen and oxygen atoms in total. The van der Waals surface area contributed by atoms with Gasteiger partial charge in [0, 0.05) is 24.2 Å². The zero-order valence-electron chi connectivity index (χ0n) is 11.6. The fourth-order valence-corrected chi connectivity index (χ4v) is 2.08. The van der Waals surface area contributed by atoms with Crippen molar-refractivity contribution in [1.29, 1.82) is 0 Å². The number of carbonyl (C=O) groups excluding carboxylic acids is 2.